The molecule has 0 spiro atoms. The lowest BCUT2D eigenvalue weighted by molar-refractivity contribution is 0.0723. The van der Waals surface area contributed by atoms with Gasteiger partial charge >= 0.3 is 0 Å². The monoisotopic (exact) mass is 254 g/mol. The van der Waals surface area contributed by atoms with Crippen LogP contribution in [0.1, 0.15) is 49.8 Å². The Labute approximate surface area is 107 Å². The maximum atomic E-state index is 13.8. The summed E-state index contributed by atoms with van der Waals surface area (Å²) in [6, 6.07) is 2.31. The minimum absolute atomic E-state index is 0.0535. The Balaban J connectivity index is 2.18. The molecule has 1 atom stereocenters. The zero-order valence-electron chi connectivity index (χ0n) is 10.9. The molecule has 1 fully saturated rings. The minimum atomic E-state index is -0.882. The molecule has 1 unspecified atom stereocenters. The molecule has 1 saturated carbocycles. The molecule has 100 valence electrons. The molecule has 0 aliphatic heterocycles. The molecule has 3 heteroatoms. The van der Waals surface area contributed by atoms with Crippen molar-refractivity contribution in [3.8, 4) is 0 Å². The lowest BCUT2D eigenvalue weighted by Crippen LogP contribution is -2.20. The first kappa shape index (κ1) is 13.5. The van der Waals surface area contributed by atoms with Gasteiger partial charge in [0.05, 0.1) is 6.10 Å². The molecular formula is C15H20F2O. The highest BCUT2D eigenvalue weighted by molar-refractivity contribution is 5.27. The van der Waals surface area contributed by atoms with Gasteiger partial charge in [0.15, 0.2) is 0 Å². The van der Waals surface area contributed by atoms with Gasteiger partial charge in [-0.05, 0) is 49.3 Å². The van der Waals surface area contributed by atoms with Crippen LogP contribution in [-0.2, 0) is 0 Å². The summed E-state index contributed by atoms with van der Waals surface area (Å²) in [6.07, 6.45) is 3.00. The molecular weight excluding hydrogens is 234 g/mol. The Morgan fingerprint density at radius 3 is 2.33 bits per heavy atom. The van der Waals surface area contributed by atoms with Gasteiger partial charge in [-0.25, -0.2) is 8.78 Å². The Hall–Kier alpha value is -0.960. The van der Waals surface area contributed by atoms with E-state index in [-0.39, 0.29) is 17.0 Å². The summed E-state index contributed by atoms with van der Waals surface area (Å²) in [5.41, 5.74) is 0.387. The second kappa shape index (κ2) is 5.35. The summed E-state index contributed by atoms with van der Waals surface area (Å²) in [5, 5.41) is 10.2. The SMILES string of the molecule is Cc1cc(F)c(C(O)C2CCC(C)CC2)cc1F. The highest BCUT2D eigenvalue weighted by Gasteiger charge is 2.28. The smallest absolute Gasteiger partial charge is 0.129 e. The van der Waals surface area contributed by atoms with Crippen LogP contribution >= 0.6 is 0 Å². The fourth-order valence-corrected chi connectivity index (χ4v) is 2.74. The average Bonchev–Trinajstić information content (AvgIpc) is 2.34. The number of rotatable bonds is 2. The molecule has 1 N–H and O–H groups in total. The van der Waals surface area contributed by atoms with Crippen molar-refractivity contribution in [2.24, 2.45) is 11.8 Å². The van der Waals surface area contributed by atoms with Crippen molar-refractivity contribution in [2.45, 2.75) is 45.6 Å². The Bertz CT molecular complexity index is 423. The van der Waals surface area contributed by atoms with Gasteiger partial charge in [0, 0.05) is 5.56 Å². The topological polar surface area (TPSA) is 20.2 Å². The van der Waals surface area contributed by atoms with Crippen LogP contribution < -0.4 is 0 Å². The van der Waals surface area contributed by atoms with Crippen LogP contribution in [0.15, 0.2) is 12.1 Å². The van der Waals surface area contributed by atoms with Gasteiger partial charge in [-0.1, -0.05) is 19.8 Å². The van der Waals surface area contributed by atoms with Crippen LogP contribution in [0.2, 0.25) is 0 Å². The van der Waals surface area contributed by atoms with Gasteiger partial charge in [0.2, 0.25) is 0 Å². The van der Waals surface area contributed by atoms with E-state index in [1.807, 2.05) is 0 Å². The summed E-state index contributed by atoms with van der Waals surface area (Å²) in [5.74, 6) is -0.222. The number of benzene rings is 1. The van der Waals surface area contributed by atoms with Gasteiger partial charge in [0.1, 0.15) is 11.6 Å². The molecule has 0 saturated heterocycles. The van der Waals surface area contributed by atoms with E-state index in [0.717, 1.165) is 31.7 Å². The third kappa shape index (κ3) is 2.72. The number of hydrogen-bond donors (Lipinski definition) is 1. The first-order chi connectivity index (χ1) is 8.49. The summed E-state index contributed by atoms with van der Waals surface area (Å²) < 4.78 is 27.3. The molecule has 0 amide bonds. The van der Waals surface area contributed by atoms with E-state index in [2.05, 4.69) is 6.92 Å². The number of aryl methyl sites for hydroxylation is 1. The molecule has 18 heavy (non-hydrogen) atoms. The van der Waals surface area contributed by atoms with Crippen molar-refractivity contribution in [3.05, 3.63) is 34.9 Å². The molecule has 0 aromatic heterocycles. The van der Waals surface area contributed by atoms with Gasteiger partial charge in [0.25, 0.3) is 0 Å². The lowest BCUT2D eigenvalue weighted by atomic mass is 9.78. The van der Waals surface area contributed by atoms with E-state index in [9.17, 15) is 13.9 Å². The van der Waals surface area contributed by atoms with Gasteiger partial charge in [-0.3, -0.25) is 0 Å². The summed E-state index contributed by atoms with van der Waals surface area (Å²) >= 11 is 0. The predicted octanol–water partition coefficient (Wildman–Crippen LogP) is 4.13. The van der Waals surface area contributed by atoms with Crippen LogP contribution in [0.25, 0.3) is 0 Å². The third-order valence-corrected chi connectivity index (χ3v) is 4.10. The van der Waals surface area contributed by atoms with E-state index in [0.29, 0.717) is 5.92 Å². The van der Waals surface area contributed by atoms with Crippen molar-refractivity contribution in [3.63, 3.8) is 0 Å². The summed E-state index contributed by atoms with van der Waals surface area (Å²) in [4.78, 5) is 0. The quantitative estimate of drug-likeness (QED) is 0.841. The first-order valence-electron chi connectivity index (χ1n) is 6.62. The van der Waals surface area contributed by atoms with E-state index < -0.39 is 17.7 Å². The Kier molecular flexibility index (Phi) is 4.00. The third-order valence-electron chi connectivity index (χ3n) is 4.10. The van der Waals surface area contributed by atoms with Gasteiger partial charge in [-0.15, -0.1) is 0 Å². The largest absolute Gasteiger partial charge is 0.388 e. The van der Waals surface area contributed by atoms with Crippen LogP contribution in [0.5, 0.6) is 0 Å². The van der Waals surface area contributed by atoms with Crippen LogP contribution in [-0.4, -0.2) is 5.11 Å². The molecule has 1 aromatic rings. The normalized spacial score (nSPS) is 26.1. The zero-order chi connectivity index (χ0) is 13.3. The molecule has 1 aliphatic carbocycles. The van der Waals surface area contributed by atoms with Crippen LogP contribution in [0.4, 0.5) is 8.78 Å². The van der Waals surface area contributed by atoms with Gasteiger partial charge in [-0.2, -0.15) is 0 Å². The molecule has 0 radical (unpaired) electrons. The molecule has 2 rings (SSSR count). The maximum absolute atomic E-state index is 13.8. The van der Waals surface area contributed by atoms with Gasteiger partial charge < -0.3 is 5.11 Å². The van der Waals surface area contributed by atoms with Crippen LogP contribution in [0.3, 0.4) is 0 Å². The average molecular weight is 254 g/mol. The van der Waals surface area contributed by atoms with Crippen molar-refractivity contribution in [2.75, 3.05) is 0 Å². The summed E-state index contributed by atoms with van der Waals surface area (Å²) in [7, 11) is 0. The summed E-state index contributed by atoms with van der Waals surface area (Å²) in [6.45, 7) is 3.71. The molecule has 0 bridgehead atoms. The standard InChI is InChI=1S/C15H20F2O/c1-9-3-5-11(6-4-9)15(18)12-8-13(16)10(2)7-14(12)17/h7-9,11,15,18H,3-6H2,1-2H3. The second-order valence-electron chi connectivity index (χ2n) is 5.59. The van der Waals surface area contributed by atoms with E-state index in [1.165, 1.54) is 13.0 Å². The van der Waals surface area contributed by atoms with E-state index in [1.54, 1.807) is 0 Å². The lowest BCUT2D eigenvalue weighted by Gasteiger charge is -2.30. The highest BCUT2D eigenvalue weighted by atomic mass is 19.1. The first-order valence-corrected chi connectivity index (χ1v) is 6.62. The number of aliphatic hydroxyl groups excluding tert-OH is 1. The number of halogens is 2. The van der Waals surface area contributed by atoms with Crippen molar-refractivity contribution in [1.82, 2.24) is 0 Å². The Morgan fingerprint density at radius 2 is 1.72 bits per heavy atom. The number of hydrogen-bond acceptors (Lipinski definition) is 1. The second-order valence-corrected chi connectivity index (χ2v) is 5.59. The van der Waals surface area contributed by atoms with E-state index >= 15 is 0 Å². The minimum Gasteiger partial charge on any atom is -0.388 e. The molecule has 1 nitrogen and oxygen atoms in total. The predicted molar refractivity (Wildman–Crippen MR) is 67.2 cm³/mol. The zero-order valence-corrected chi connectivity index (χ0v) is 10.9. The molecule has 1 aliphatic rings. The molecule has 1 aromatic carbocycles. The number of aliphatic hydroxyl groups is 1. The highest BCUT2D eigenvalue weighted by Crippen LogP contribution is 2.37. The van der Waals surface area contributed by atoms with Crippen LogP contribution in [0, 0.1) is 30.4 Å². The van der Waals surface area contributed by atoms with Crippen molar-refractivity contribution in [1.29, 1.82) is 0 Å². The van der Waals surface area contributed by atoms with Crippen molar-refractivity contribution < 1.29 is 13.9 Å². The Morgan fingerprint density at radius 1 is 1.11 bits per heavy atom. The van der Waals surface area contributed by atoms with E-state index in [4.69, 9.17) is 0 Å². The van der Waals surface area contributed by atoms with Crippen molar-refractivity contribution >= 4 is 0 Å². The fraction of sp³-hybridized carbons (Fsp3) is 0.600. The fourth-order valence-electron chi connectivity index (χ4n) is 2.74. The molecule has 0 heterocycles. The maximum Gasteiger partial charge on any atom is 0.129 e.